The fourth-order valence-electron chi connectivity index (χ4n) is 5.92. The highest BCUT2D eigenvalue weighted by atomic mass is 19.2. The number of rotatable bonds is 11. The van der Waals surface area contributed by atoms with Crippen molar-refractivity contribution in [2.24, 2.45) is 11.8 Å². The van der Waals surface area contributed by atoms with Crippen molar-refractivity contribution in [2.75, 3.05) is 0 Å². The highest BCUT2D eigenvalue weighted by molar-refractivity contribution is 5.89. The van der Waals surface area contributed by atoms with Crippen molar-refractivity contribution >= 4 is 10.8 Å². The predicted molar refractivity (Wildman–Crippen MR) is 150 cm³/mol. The molecule has 1 aliphatic carbocycles. The lowest BCUT2D eigenvalue weighted by Crippen LogP contribution is -2.15. The van der Waals surface area contributed by atoms with E-state index in [0.717, 1.165) is 37.5 Å². The van der Waals surface area contributed by atoms with E-state index in [4.69, 9.17) is 0 Å². The summed E-state index contributed by atoms with van der Waals surface area (Å²) >= 11 is 0. The van der Waals surface area contributed by atoms with Crippen LogP contribution >= 0.6 is 0 Å². The lowest BCUT2D eigenvalue weighted by Gasteiger charge is -2.28. The molecule has 198 valence electrons. The van der Waals surface area contributed by atoms with Gasteiger partial charge in [-0.25, -0.2) is 13.2 Å². The molecule has 0 radical (unpaired) electrons. The summed E-state index contributed by atoms with van der Waals surface area (Å²) in [6.45, 7) is 4.17. The van der Waals surface area contributed by atoms with Crippen molar-refractivity contribution in [1.82, 2.24) is 0 Å². The number of hydrogen-bond acceptors (Lipinski definition) is 0. The molecule has 1 saturated carbocycles. The molecular formula is C34H41F3. The first-order valence-electron chi connectivity index (χ1n) is 14.3. The zero-order valence-electron chi connectivity index (χ0n) is 22.5. The van der Waals surface area contributed by atoms with Gasteiger partial charge in [-0.3, -0.25) is 0 Å². The summed E-state index contributed by atoms with van der Waals surface area (Å²) in [5, 5.41) is 0.166. The van der Waals surface area contributed by atoms with E-state index in [0.29, 0.717) is 22.9 Å². The number of halogens is 3. The number of aryl methyl sites for hydroxylation is 2. The van der Waals surface area contributed by atoms with Crippen molar-refractivity contribution < 1.29 is 13.2 Å². The van der Waals surface area contributed by atoms with Crippen molar-refractivity contribution in [2.45, 2.75) is 90.9 Å². The average molecular weight is 507 g/mol. The standard InChI is InChI=1S/C34H41F3/c1-3-5-7-9-24-11-13-25(14-12-24)15-16-26-17-19-27(20-18-26)30-23-29-22-21-28(10-8-6-4-2)32(35)31(29)34(37)33(30)36/h3,5,17-25H,4,6-16H2,1-2H3/b5-3+. The Hall–Kier alpha value is -2.55. The molecule has 0 amide bonds. The molecule has 37 heavy (non-hydrogen) atoms. The summed E-state index contributed by atoms with van der Waals surface area (Å²) in [6, 6.07) is 12.8. The van der Waals surface area contributed by atoms with Crippen molar-refractivity contribution in [3.63, 3.8) is 0 Å². The molecule has 0 nitrogen and oxygen atoms in total. The monoisotopic (exact) mass is 506 g/mol. The third-order valence-corrected chi connectivity index (χ3v) is 8.30. The number of fused-ring (bicyclic) bond motifs is 1. The van der Waals surface area contributed by atoms with Gasteiger partial charge in [0.25, 0.3) is 0 Å². The van der Waals surface area contributed by atoms with Crippen LogP contribution in [0.2, 0.25) is 0 Å². The fourth-order valence-corrected chi connectivity index (χ4v) is 5.92. The minimum Gasteiger partial charge on any atom is -0.206 e. The first kappa shape index (κ1) is 27.5. The zero-order chi connectivity index (χ0) is 26.2. The van der Waals surface area contributed by atoms with Crippen molar-refractivity contribution in [3.05, 3.63) is 83.2 Å². The highest BCUT2D eigenvalue weighted by Crippen LogP contribution is 2.35. The van der Waals surface area contributed by atoms with Crippen LogP contribution in [0, 0.1) is 29.3 Å². The molecule has 0 heterocycles. The van der Waals surface area contributed by atoms with Crippen LogP contribution in [0.5, 0.6) is 0 Å². The van der Waals surface area contributed by atoms with E-state index in [1.54, 1.807) is 18.2 Å². The van der Waals surface area contributed by atoms with E-state index in [1.165, 1.54) is 50.5 Å². The topological polar surface area (TPSA) is 0 Å². The summed E-state index contributed by atoms with van der Waals surface area (Å²) in [7, 11) is 0. The van der Waals surface area contributed by atoms with Gasteiger partial charge < -0.3 is 0 Å². The number of hydrogen-bond donors (Lipinski definition) is 0. The molecule has 0 aromatic heterocycles. The zero-order valence-corrected chi connectivity index (χ0v) is 22.5. The molecule has 0 spiro atoms. The summed E-state index contributed by atoms with van der Waals surface area (Å²) in [5.74, 6) is -1.03. The van der Waals surface area contributed by atoms with Gasteiger partial charge in [-0.15, -0.1) is 0 Å². The molecule has 1 fully saturated rings. The fraction of sp³-hybridized carbons (Fsp3) is 0.471. The predicted octanol–water partition coefficient (Wildman–Crippen LogP) is 10.8. The second-order valence-corrected chi connectivity index (χ2v) is 10.9. The summed E-state index contributed by atoms with van der Waals surface area (Å²) < 4.78 is 45.2. The lowest BCUT2D eigenvalue weighted by molar-refractivity contribution is 0.254. The Morgan fingerprint density at radius 2 is 1.49 bits per heavy atom. The minimum atomic E-state index is -1.09. The maximum absolute atomic E-state index is 15.1. The number of unbranched alkanes of at least 4 members (excludes halogenated alkanes) is 2. The Bertz CT molecular complexity index is 1180. The van der Waals surface area contributed by atoms with Gasteiger partial charge in [-0.05, 0) is 85.4 Å². The van der Waals surface area contributed by atoms with Crippen LogP contribution in [0.1, 0.15) is 89.2 Å². The summed E-state index contributed by atoms with van der Waals surface area (Å²) in [4.78, 5) is 0. The molecule has 0 bridgehead atoms. The normalized spacial score (nSPS) is 18.2. The van der Waals surface area contributed by atoms with Crippen LogP contribution in [-0.2, 0) is 12.8 Å². The maximum Gasteiger partial charge on any atom is 0.170 e. The van der Waals surface area contributed by atoms with Gasteiger partial charge in [0.2, 0.25) is 0 Å². The second-order valence-electron chi connectivity index (χ2n) is 10.9. The van der Waals surface area contributed by atoms with E-state index >= 15 is 13.2 Å². The van der Waals surface area contributed by atoms with Gasteiger partial charge in [-0.2, -0.15) is 0 Å². The Balaban J connectivity index is 1.40. The lowest BCUT2D eigenvalue weighted by atomic mass is 9.78. The van der Waals surface area contributed by atoms with Gasteiger partial charge >= 0.3 is 0 Å². The smallest absolute Gasteiger partial charge is 0.170 e. The number of benzene rings is 3. The highest BCUT2D eigenvalue weighted by Gasteiger charge is 2.21. The molecule has 0 atom stereocenters. The van der Waals surface area contributed by atoms with Gasteiger partial charge in [0.1, 0.15) is 5.82 Å². The van der Waals surface area contributed by atoms with E-state index < -0.39 is 17.5 Å². The van der Waals surface area contributed by atoms with Crippen LogP contribution in [0.3, 0.4) is 0 Å². The van der Waals surface area contributed by atoms with Gasteiger partial charge in [0.15, 0.2) is 11.6 Å². The van der Waals surface area contributed by atoms with E-state index in [9.17, 15) is 0 Å². The van der Waals surface area contributed by atoms with Crippen molar-refractivity contribution in [3.8, 4) is 11.1 Å². The third kappa shape index (κ3) is 6.86. The van der Waals surface area contributed by atoms with E-state index in [-0.39, 0.29) is 10.9 Å². The average Bonchev–Trinajstić information content (AvgIpc) is 2.92. The largest absolute Gasteiger partial charge is 0.206 e. The summed E-state index contributed by atoms with van der Waals surface area (Å²) in [5.41, 5.74) is 2.49. The van der Waals surface area contributed by atoms with Gasteiger partial charge in [0.05, 0.1) is 5.39 Å². The van der Waals surface area contributed by atoms with Crippen molar-refractivity contribution in [1.29, 1.82) is 0 Å². The Kier molecular flexibility index (Phi) is 9.88. The van der Waals surface area contributed by atoms with Gasteiger partial charge in [-0.1, -0.05) is 94.0 Å². The molecule has 3 heteroatoms. The molecule has 0 unspecified atom stereocenters. The molecule has 1 aliphatic rings. The van der Waals surface area contributed by atoms with E-state index in [1.807, 2.05) is 24.3 Å². The minimum absolute atomic E-state index is 0.186. The molecule has 4 rings (SSSR count). The third-order valence-electron chi connectivity index (χ3n) is 8.30. The molecule has 3 aromatic carbocycles. The molecule has 0 aliphatic heterocycles. The van der Waals surface area contributed by atoms with Crippen LogP contribution in [0.25, 0.3) is 21.9 Å². The maximum atomic E-state index is 15.1. The second kappa shape index (κ2) is 13.3. The Morgan fingerprint density at radius 3 is 2.16 bits per heavy atom. The Morgan fingerprint density at radius 1 is 0.784 bits per heavy atom. The quantitative estimate of drug-likeness (QED) is 0.179. The van der Waals surface area contributed by atoms with E-state index in [2.05, 4.69) is 26.0 Å². The van der Waals surface area contributed by atoms with Gasteiger partial charge in [0, 0.05) is 5.56 Å². The van der Waals surface area contributed by atoms with Crippen LogP contribution in [0.4, 0.5) is 13.2 Å². The molecular weight excluding hydrogens is 465 g/mol. The SMILES string of the molecule is C/C=C/CCC1CCC(CCc2ccc(-c3cc4ccc(CCCCC)c(F)c4c(F)c3F)cc2)CC1. The Labute approximate surface area is 221 Å². The first-order chi connectivity index (χ1) is 18.0. The number of allylic oxidation sites excluding steroid dienone is 2. The molecule has 0 N–H and O–H groups in total. The van der Waals surface area contributed by atoms with Crippen LogP contribution in [-0.4, -0.2) is 0 Å². The molecule has 0 saturated heterocycles. The van der Waals surface area contributed by atoms with Crippen LogP contribution < -0.4 is 0 Å². The first-order valence-corrected chi connectivity index (χ1v) is 14.3. The van der Waals surface area contributed by atoms with Crippen LogP contribution in [0.15, 0.2) is 54.6 Å². The summed E-state index contributed by atoms with van der Waals surface area (Å²) in [6.07, 6.45) is 17.8. The molecule has 3 aromatic rings.